The van der Waals surface area contributed by atoms with Gasteiger partial charge >= 0.3 is 5.97 Å². The molecule has 30 heavy (non-hydrogen) atoms. The van der Waals surface area contributed by atoms with Gasteiger partial charge in [0.1, 0.15) is 5.75 Å². The van der Waals surface area contributed by atoms with E-state index in [1.165, 1.54) is 6.92 Å². The summed E-state index contributed by atoms with van der Waals surface area (Å²) in [4.78, 5) is 26.6. The van der Waals surface area contributed by atoms with Crippen molar-refractivity contribution in [1.29, 1.82) is 0 Å². The van der Waals surface area contributed by atoms with Crippen molar-refractivity contribution in [2.24, 2.45) is 0 Å². The van der Waals surface area contributed by atoms with Gasteiger partial charge in [-0.25, -0.2) is 4.79 Å². The summed E-state index contributed by atoms with van der Waals surface area (Å²) in [7, 11) is 0. The Morgan fingerprint density at radius 3 is 2.50 bits per heavy atom. The average Bonchev–Trinajstić information content (AvgIpc) is 2.75. The molecular formula is C23H28N2O5. The van der Waals surface area contributed by atoms with Gasteiger partial charge in [0, 0.05) is 24.5 Å². The fourth-order valence-electron chi connectivity index (χ4n) is 3.11. The van der Waals surface area contributed by atoms with Gasteiger partial charge in [0.2, 0.25) is 0 Å². The molecule has 1 fully saturated rings. The number of hydrogen-bond acceptors (Lipinski definition) is 6. The van der Waals surface area contributed by atoms with Gasteiger partial charge in [-0.3, -0.25) is 4.79 Å². The predicted molar refractivity (Wildman–Crippen MR) is 115 cm³/mol. The van der Waals surface area contributed by atoms with Crippen LogP contribution in [0.25, 0.3) is 0 Å². The first-order valence-electron chi connectivity index (χ1n) is 10.1. The standard InChI is InChI=1S/C23H28N2O5/c1-16-4-5-17(2)21(14-16)29-15-22(26)30-18(3)23(27)24-19-6-8-20(9-7-19)25-10-12-28-13-11-25/h4-9,14,18H,10-13,15H2,1-3H3,(H,24,27). The van der Waals surface area contributed by atoms with Gasteiger partial charge in [0.15, 0.2) is 12.7 Å². The second-order valence-electron chi connectivity index (χ2n) is 7.33. The Hall–Kier alpha value is -3.06. The minimum atomic E-state index is -0.932. The lowest BCUT2D eigenvalue weighted by Crippen LogP contribution is -2.36. The van der Waals surface area contributed by atoms with Crippen molar-refractivity contribution < 1.29 is 23.8 Å². The number of aryl methyl sites for hydroxylation is 2. The minimum absolute atomic E-state index is 0.254. The summed E-state index contributed by atoms with van der Waals surface area (Å²) in [6.07, 6.45) is -0.932. The third kappa shape index (κ3) is 5.97. The van der Waals surface area contributed by atoms with Gasteiger partial charge in [-0.1, -0.05) is 12.1 Å². The number of amides is 1. The van der Waals surface area contributed by atoms with E-state index in [4.69, 9.17) is 14.2 Å². The van der Waals surface area contributed by atoms with Crippen LogP contribution >= 0.6 is 0 Å². The van der Waals surface area contributed by atoms with Crippen molar-refractivity contribution in [2.75, 3.05) is 43.1 Å². The second kappa shape index (κ2) is 10.1. The van der Waals surface area contributed by atoms with E-state index in [1.54, 1.807) is 0 Å². The Balaban J connectivity index is 1.46. The molecule has 1 N–H and O–H groups in total. The number of morpholine rings is 1. The summed E-state index contributed by atoms with van der Waals surface area (Å²) < 4.78 is 16.1. The summed E-state index contributed by atoms with van der Waals surface area (Å²) in [5, 5.41) is 2.77. The van der Waals surface area contributed by atoms with E-state index in [2.05, 4.69) is 10.2 Å². The highest BCUT2D eigenvalue weighted by atomic mass is 16.6. The normalized spacial score (nSPS) is 14.7. The zero-order valence-corrected chi connectivity index (χ0v) is 17.6. The molecule has 3 rings (SSSR count). The fourth-order valence-corrected chi connectivity index (χ4v) is 3.11. The maximum Gasteiger partial charge on any atom is 0.344 e. The second-order valence-corrected chi connectivity index (χ2v) is 7.33. The summed E-state index contributed by atoms with van der Waals surface area (Å²) in [6, 6.07) is 13.3. The smallest absolute Gasteiger partial charge is 0.344 e. The van der Waals surface area contributed by atoms with Gasteiger partial charge in [-0.2, -0.15) is 0 Å². The highest BCUT2D eigenvalue weighted by molar-refractivity contribution is 5.95. The number of rotatable bonds is 7. The number of esters is 1. The van der Waals surface area contributed by atoms with E-state index < -0.39 is 18.0 Å². The number of nitrogens with zero attached hydrogens (tertiary/aromatic N) is 1. The number of anilines is 2. The molecule has 7 nitrogen and oxygen atoms in total. The van der Waals surface area contributed by atoms with Crippen LogP contribution in [-0.4, -0.2) is 50.9 Å². The Kier molecular flexibility index (Phi) is 7.30. The molecule has 1 aliphatic heterocycles. The molecule has 0 aliphatic carbocycles. The van der Waals surface area contributed by atoms with Gasteiger partial charge in [-0.15, -0.1) is 0 Å². The minimum Gasteiger partial charge on any atom is -0.482 e. The molecule has 0 spiro atoms. The van der Waals surface area contributed by atoms with Gasteiger partial charge in [0.25, 0.3) is 5.91 Å². The molecule has 0 saturated carbocycles. The van der Waals surface area contributed by atoms with Crippen molar-refractivity contribution in [3.05, 3.63) is 53.6 Å². The molecule has 1 heterocycles. The quantitative estimate of drug-likeness (QED) is 0.705. The lowest BCUT2D eigenvalue weighted by molar-refractivity contribution is -0.155. The van der Waals surface area contributed by atoms with E-state index in [0.29, 0.717) is 24.7 Å². The Labute approximate surface area is 176 Å². The zero-order chi connectivity index (χ0) is 21.5. The van der Waals surface area contributed by atoms with E-state index in [0.717, 1.165) is 29.9 Å². The van der Waals surface area contributed by atoms with E-state index >= 15 is 0 Å². The van der Waals surface area contributed by atoms with Crippen LogP contribution in [0.3, 0.4) is 0 Å². The lowest BCUT2D eigenvalue weighted by Gasteiger charge is -2.28. The van der Waals surface area contributed by atoms with Crippen LogP contribution in [0, 0.1) is 13.8 Å². The Bertz CT molecular complexity index is 876. The van der Waals surface area contributed by atoms with Crippen LogP contribution in [0.1, 0.15) is 18.1 Å². The van der Waals surface area contributed by atoms with E-state index in [9.17, 15) is 9.59 Å². The fraction of sp³-hybridized carbons (Fsp3) is 0.391. The maximum atomic E-state index is 12.4. The van der Waals surface area contributed by atoms with Gasteiger partial charge in [-0.05, 0) is 62.2 Å². The van der Waals surface area contributed by atoms with Crippen LogP contribution in [0.2, 0.25) is 0 Å². The first kappa shape index (κ1) is 21.6. The number of nitrogens with one attached hydrogen (secondary N) is 1. The van der Waals surface area contributed by atoms with Crippen LogP contribution < -0.4 is 15.0 Å². The molecule has 0 bridgehead atoms. The van der Waals surface area contributed by atoms with E-state index in [-0.39, 0.29) is 6.61 Å². The lowest BCUT2D eigenvalue weighted by atomic mass is 10.1. The zero-order valence-electron chi connectivity index (χ0n) is 17.6. The third-order valence-corrected chi connectivity index (χ3v) is 4.88. The monoisotopic (exact) mass is 412 g/mol. The average molecular weight is 412 g/mol. The third-order valence-electron chi connectivity index (χ3n) is 4.88. The molecule has 1 unspecified atom stereocenters. The molecule has 1 saturated heterocycles. The Morgan fingerprint density at radius 1 is 1.10 bits per heavy atom. The molecule has 2 aromatic carbocycles. The predicted octanol–water partition coefficient (Wildman–Crippen LogP) is 3.09. The summed E-state index contributed by atoms with van der Waals surface area (Å²) in [5.74, 6) is -0.361. The van der Waals surface area contributed by atoms with Crippen LogP contribution in [0.5, 0.6) is 5.75 Å². The molecule has 160 valence electrons. The maximum absolute atomic E-state index is 12.4. The molecule has 1 atom stereocenters. The Morgan fingerprint density at radius 2 is 1.80 bits per heavy atom. The molecule has 7 heteroatoms. The summed E-state index contributed by atoms with van der Waals surface area (Å²) in [6.45, 7) is 8.27. The van der Waals surface area contributed by atoms with Crippen LogP contribution in [0.15, 0.2) is 42.5 Å². The van der Waals surface area contributed by atoms with Crippen LogP contribution in [0.4, 0.5) is 11.4 Å². The highest BCUT2D eigenvalue weighted by Crippen LogP contribution is 2.20. The number of benzene rings is 2. The summed E-state index contributed by atoms with van der Waals surface area (Å²) in [5.41, 5.74) is 3.70. The molecule has 0 aromatic heterocycles. The summed E-state index contributed by atoms with van der Waals surface area (Å²) >= 11 is 0. The SMILES string of the molecule is Cc1ccc(C)c(OCC(=O)OC(C)C(=O)Nc2ccc(N3CCOCC3)cc2)c1. The van der Waals surface area contributed by atoms with Crippen molar-refractivity contribution in [2.45, 2.75) is 26.9 Å². The van der Waals surface area contributed by atoms with Crippen molar-refractivity contribution in [1.82, 2.24) is 0 Å². The molecule has 1 amide bonds. The highest BCUT2D eigenvalue weighted by Gasteiger charge is 2.19. The van der Waals surface area contributed by atoms with Crippen LogP contribution in [-0.2, 0) is 19.1 Å². The molecule has 1 aliphatic rings. The topological polar surface area (TPSA) is 77.1 Å². The number of carbonyl (C=O) groups excluding carboxylic acids is 2. The van der Waals surface area contributed by atoms with Gasteiger partial charge in [0.05, 0.1) is 13.2 Å². The molecule has 0 radical (unpaired) electrons. The van der Waals surface area contributed by atoms with Gasteiger partial charge < -0.3 is 24.4 Å². The van der Waals surface area contributed by atoms with Crippen molar-refractivity contribution in [3.63, 3.8) is 0 Å². The number of ether oxygens (including phenoxy) is 3. The molecule has 2 aromatic rings. The number of hydrogen-bond donors (Lipinski definition) is 1. The largest absolute Gasteiger partial charge is 0.482 e. The van der Waals surface area contributed by atoms with Crippen molar-refractivity contribution >= 4 is 23.3 Å². The first-order valence-corrected chi connectivity index (χ1v) is 10.1. The van der Waals surface area contributed by atoms with Crippen molar-refractivity contribution in [3.8, 4) is 5.75 Å². The molecular weight excluding hydrogens is 384 g/mol. The number of carbonyl (C=O) groups is 2. The van der Waals surface area contributed by atoms with E-state index in [1.807, 2.05) is 56.3 Å². The first-order chi connectivity index (χ1) is 14.4.